The van der Waals surface area contributed by atoms with Gasteiger partial charge in [0.1, 0.15) is 0 Å². The smallest absolute Gasteiger partial charge is 0.218 e. The molecule has 0 aliphatic rings. The lowest BCUT2D eigenvalue weighted by Gasteiger charge is -2.11. The van der Waals surface area contributed by atoms with E-state index in [-0.39, 0.29) is 5.91 Å². The van der Waals surface area contributed by atoms with Crippen LogP contribution in [-0.4, -0.2) is 12.5 Å². The van der Waals surface area contributed by atoms with Crippen molar-refractivity contribution in [2.45, 2.75) is 33.7 Å². The van der Waals surface area contributed by atoms with Gasteiger partial charge in [0.15, 0.2) is 0 Å². The maximum Gasteiger partial charge on any atom is 0.218 e. The molecular formula is C13H20N2O. The zero-order valence-corrected chi connectivity index (χ0v) is 10.3. The first-order valence-electron chi connectivity index (χ1n) is 5.56. The molecule has 3 nitrogen and oxygen atoms in total. The summed E-state index contributed by atoms with van der Waals surface area (Å²) in [5.74, 6) is -0.259. The van der Waals surface area contributed by atoms with Crippen molar-refractivity contribution in [2.24, 2.45) is 5.73 Å². The van der Waals surface area contributed by atoms with Gasteiger partial charge in [0, 0.05) is 19.5 Å². The van der Waals surface area contributed by atoms with Gasteiger partial charge in [0.2, 0.25) is 5.91 Å². The Morgan fingerprint density at radius 3 is 2.31 bits per heavy atom. The van der Waals surface area contributed by atoms with Crippen LogP contribution in [0.15, 0.2) is 12.1 Å². The summed E-state index contributed by atoms with van der Waals surface area (Å²) >= 11 is 0. The fourth-order valence-corrected chi connectivity index (χ4v) is 1.91. The second kappa shape index (κ2) is 5.66. The summed E-state index contributed by atoms with van der Waals surface area (Å²) < 4.78 is 0. The standard InChI is InChI=1S/C13H20N2O/c1-9-6-10(2)12(11(3)7-9)8-15-5-4-13(14)16/h6-7,15H,4-5,8H2,1-3H3,(H2,14,16). The molecule has 16 heavy (non-hydrogen) atoms. The molecule has 0 saturated carbocycles. The first kappa shape index (κ1) is 12.7. The van der Waals surface area contributed by atoms with Crippen LogP contribution in [0, 0.1) is 20.8 Å². The SMILES string of the molecule is Cc1cc(C)c(CNCCC(N)=O)c(C)c1. The highest BCUT2D eigenvalue weighted by Crippen LogP contribution is 2.15. The second-order valence-electron chi connectivity index (χ2n) is 4.27. The molecule has 0 unspecified atom stereocenters. The predicted molar refractivity (Wildman–Crippen MR) is 66.2 cm³/mol. The van der Waals surface area contributed by atoms with Crippen LogP contribution in [-0.2, 0) is 11.3 Å². The first-order valence-corrected chi connectivity index (χ1v) is 5.56. The normalized spacial score (nSPS) is 10.4. The minimum atomic E-state index is -0.259. The minimum Gasteiger partial charge on any atom is -0.370 e. The molecule has 3 N–H and O–H groups in total. The molecule has 1 rings (SSSR count). The topological polar surface area (TPSA) is 55.1 Å². The predicted octanol–water partition coefficient (Wildman–Crippen LogP) is 1.58. The Hall–Kier alpha value is -1.35. The maximum atomic E-state index is 10.6. The third-order valence-electron chi connectivity index (χ3n) is 2.69. The van der Waals surface area contributed by atoms with Crippen molar-refractivity contribution in [1.29, 1.82) is 0 Å². The van der Waals surface area contributed by atoms with Gasteiger partial charge in [0.05, 0.1) is 0 Å². The average molecular weight is 220 g/mol. The van der Waals surface area contributed by atoms with Crippen LogP contribution >= 0.6 is 0 Å². The van der Waals surface area contributed by atoms with E-state index in [1.807, 2.05) is 0 Å². The third kappa shape index (κ3) is 3.66. The lowest BCUT2D eigenvalue weighted by atomic mass is 10.00. The number of primary amides is 1. The van der Waals surface area contributed by atoms with E-state index in [4.69, 9.17) is 5.73 Å². The van der Waals surface area contributed by atoms with Gasteiger partial charge in [-0.15, -0.1) is 0 Å². The number of nitrogens with two attached hydrogens (primary N) is 1. The highest BCUT2D eigenvalue weighted by atomic mass is 16.1. The van der Waals surface area contributed by atoms with E-state index in [0.717, 1.165) is 6.54 Å². The number of carbonyl (C=O) groups is 1. The van der Waals surface area contributed by atoms with Crippen LogP contribution in [0.3, 0.4) is 0 Å². The van der Waals surface area contributed by atoms with Gasteiger partial charge < -0.3 is 11.1 Å². The van der Waals surface area contributed by atoms with Gasteiger partial charge >= 0.3 is 0 Å². The summed E-state index contributed by atoms with van der Waals surface area (Å²) in [6, 6.07) is 4.36. The largest absolute Gasteiger partial charge is 0.370 e. The summed E-state index contributed by atoms with van der Waals surface area (Å²) in [6.07, 6.45) is 0.393. The molecule has 0 fully saturated rings. The summed E-state index contributed by atoms with van der Waals surface area (Å²) in [5.41, 5.74) is 10.3. The van der Waals surface area contributed by atoms with Crippen LogP contribution in [0.1, 0.15) is 28.7 Å². The van der Waals surface area contributed by atoms with Crippen molar-refractivity contribution in [2.75, 3.05) is 6.54 Å². The van der Waals surface area contributed by atoms with Gasteiger partial charge in [-0.05, 0) is 37.5 Å². The summed E-state index contributed by atoms with van der Waals surface area (Å²) in [7, 11) is 0. The molecule has 1 aromatic carbocycles. The lowest BCUT2D eigenvalue weighted by Crippen LogP contribution is -2.22. The first-order chi connectivity index (χ1) is 7.50. The van der Waals surface area contributed by atoms with Gasteiger partial charge in [0.25, 0.3) is 0 Å². The number of nitrogens with one attached hydrogen (secondary N) is 1. The van der Waals surface area contributed by atoms with Crippen molar-refractivity contribution in [3.8, 4) is 0 Å². The van der Waals surface area contributed by atoms with Gasteiger partial charge in [-0.2, -0.15) is 0 Å². The molecule has 1 amide bonds. The van der Waals surface area contributed by atoms with Crippen LogP contribution in [0.5, 0.6) is 0 Å². The minimum absolute atomic E-state index is 0.259. The Balaban J connectivity index is 2.57. The van der Waals surface area contributed by atoms with Crippen molar-refractivity contribution < 1.29 is 4.79 Å². The molecule has 0 radical (unpaired) electrons. The van der Waals surface area contributed by atoms with Crippen LogP contribution in [0.4, 0.5) is 0 Å². The maximum absolute atomic E-state index is 10.6. The molecule has 1 aromatic rings. The number of hydrogen-bond donors (Lipinski definition) is 2. The van der Waals surface area contributed by atoms with Crippen molar-refractivity contribution in [3.05, 3.63) is 34.4 Å². The molecule has 3 heteroatoms. The van der Waals surface area contributed by atoms with Crippen LogP contribution < -0.4 is 11.1 Å². The van der Waals surface area contributed by atoms with E-state index in [1.165, 1.54) is 22.3 Å². The zero-order chi connectivity index (χ0) is 12.1. The molecule has 0 heterocycles. The molecule has 0 aromatic heterocycles. The fourth-order valence-electron chi connectivity index (χ4n) is 1.91. The number of hydrogen-bond acceptors (Lipinski definition) is 2. The molecular weight excluding hydrogens is 200 g/mol. The van der Waals surface area contributed by atoms with Crippen LogP contribution in [0.25, 0.3) is 0 Å². The van der Waals surface area contributed by atoms with E-state index < -0.39 is 0 Å². The fraction of sp³-hybridized carbons (Fsp3) is 0.462. The van der Waals surface area contributed by atoms with E-state index in [2.05, 4.69) is 38.2 Å². The number of carbonyl (C=O) groups excluding carboxylic acids is 1. The molecule has 0 saturated heterocycles. The van der Waals surface area contributed by atoms with E-state index in [0.29, 0.717) is 13.0 Å². The van der Waals surface area contributed by atoms with E-state index >= 15 is 0 Å². The summed E-state index contributed by atoms with van der Waals surface area (Å²) in [6.45, 7) is 7.77. The summed E-state index contributed by atoms with van der Waals surface area (Å²) in [5, 5.41) is 3.23. The third-order valence-corrected chi connectivity index (χ3v) is 2.69. The molecule has 0 atom stereocenters. The van der Waals surface area contributed by atoms with Crippen molar-refractivity contribution in [3.63, 3.8) is 0 Å². The Morgan fingerprint density at radius 1 is 1.25 bits per heavy atom. The number of rotatable bonds is 5. The molecule has 0 spiro atoms. The monoisotopic (exact) mass is 220 g/mol. The van der Waals surface area contributed by atoms with Crippen molar-refractivity contribution in [1.82, 2.24) is 5.32 Å². The number of benzene rings is 1. The summed E-state index contributed by atoms with van der Waals surface area (Å²) in [4.78, 5) is 10.6. The zero-order valence-electron chi connectivity index (χ0n) is 10.3. The van der Waals surface area contributed by atoms with E-state index in [9.17, 15) is 4.79 Å². The highest BCUT2D eigenvalue weighted by molar-refractivity contribution is 5.73. The Bertz CT molecular complexity index is 363. The molecule has 0 aliphatic heterocycles. The molecule has 0 bridgehead atoms. The Labute approximate surface area is 97.0 Å². The lowest BCUT2D eigenvalue weighted by molar-refractivity contribution is -0.117. The Morgan fingerprint density at radius 2 is 1.81 bits per heavy atom. The number of amides is 1. The average Bonchev–Trinajstić information content (AvgIpc) is 2.14. The number of aryl methyl sites for hydroxylation is 3. The van der Waals surface area contributed by atoms with Gasteiger partial charge in [-0.25, -0.2) is 0 Å². The quantitative estimate of drug-likeness (QED) is 0.740. The Kier molecular flexibility index (Phi) is 4.50. The van der Waals surface area contributed by atoms with E-state index in [1.54, 1.807) is 0 Å². The van der Waals surface area contributed by atoms with Gasteiger partial charge in [-0.3, -0.25) is 4.79 Å². The van der Waals surface area contributed by atoms with Gasteiger partial charge in [-0.1, -0.05) is 17.7 Å². The molecule has 88 valence electrons. The highest BCUT2D eigenvalue weighted by Gasteiger charge is 2.03. The second-order valence-corrected chi connectivity index (χ2v) is 4.27. The molecule has 0 aliphatic carbocycles. The van der Waals surface area contributed by atoms with Crippen LogP contribution in [0.2, 0.25) is 0 Å². The van der Waals surface area contributed by atoms with Crippen molar-refractivity contribution >= 4 is 5.91 Å².